The second kappa shape index (κ2) is 9.05. The Hall–Kier alpha value is -2.58. The van der Waals surface area contributed by atoms with Gasteiger partial charge in [0, 0.05) is 0 Å². The van der Waals surface area contributed by atoms with Crippen LogP contribution < -0.4 is 4.74 Å². The van der Waals surface area contributed by atoms with Crippen molar-refractivity contribution in [2.24, 2.45) is 0 Å². The van der Waals surface area contributed by atoms with Crippen LogP contribution in [-0.2, 0) is 17.8 Å². The molecule has 3 aromatic carbocycles. The molecule has 0 N–H and O–H groups in total. The Kier molecular flexibility index (Phi) is 6.24. The first kappa shape index (κ1) is 17.2. The maximum Gasteiger partial charge on any atom is 0.119 e. The zero-order valence-corrected chi connectivity index (χ0v) is 14.6. The molecule has 3 rings (SSSR count). The maximum atomic E-state index is 6.28. The average molecular weight is 332 g/mol. The smallest absolute Gasteiger partial charge is 0.119 e. The molecule has 0 aliphatic carbocycles. The lowest BCUT2D eigenvalue weighted by Crippen LogP contribution is -2.07. The van der Waals surface area contributed by atoms with Crippen LogP contribution >= 0.6 is 0 Å². The highest BCUT2D eigenvalue weighted by molar-refractivity contribution is 5.30. The molecule has 25 heavy (non-hydrogen) atoms. The van der Waals surface area contributed by atoms with Gasteiger partial charge < -0.3 is 9.47 Å². The van der Waals surface area contributed by atoms with Crippen molar-refractivity contribution in [3.8, 4) is 5.75 Å². The fourth-order valence-electron chi connectivity index (χ4n) is 2.90. The lowest BCUT2D eigenvalue weighted by molar-refractivity contribution is 0.0339. The molecule has 1 atom stereocenters. The SMILES string of the molecule is COc1cccc([C@@H](CCc2ccccc2)OCc2ccccc2)c1. The van der Waals surface area contributed by atoms with E-state index >= 15 is 0 Å². The van der Waals surface area contributed by atoms with Gasteiger partial charge in [0.15, 0.2) is 0 Å². The van der Waals surface area contributed by atoms with Gasteiger partial charge in [-0.2, -0.15) is 0 Å². The van der Waals surface area contributed by atoms with E-state index in [-0.39, 0.29) is 6.10 Å². The number of rotatable bonds is 8. The summed E-state index contributed by atoms with van der Waals surface area (Å²) in [5, 5.41) is 0. The number of benzene rings is 3. The molecule has 0 saturated heterocycles. The van der Waals surface area contributed by atoms with Gasteiger partial charge in [-0.05, 0) is 41.7 Å². The highest BCUT2D eigenvalue weighted by Gasteiger charge is 2.13. The fourth-order valence-corrected chi connectivity index (χ4v) is 2.90. The Morgan fingerprint density at radius 2 is 1.44 bits per heavy atom. The highest BCUT2D eigenvalue weighted by atomic mass is 16.5. The van der Waals surface area contributed by atoms with E-state index in [0.29, 0.717) is 6.61 Å². The summed E-state index contributed by atoms with van der Waals surface area (Å²) in [7, 11) is 1.70. The molecule has 0 saturated carbocycles. The zero-order chi connectivity index (χ0) is 17.3. The highest BCUT2D eigenvalue weighted by Crippen LogP contribution is 2.27. The van der Waals surface area contributed by atoms with E-state index in [4.69, 9.17) is 9.47 Å². The van der Waals surface area contributed by atoms with Crippen LogP contribution in [0.15, 0.2) is 84.9 Å². The van der Waals surface area contributed by atoms with E-state index in [2.05, 4.69) is 54.6 Å². The van der Waals surface area contributed by atoms with Gasteiger partial charge in [0.05, 0.1) is 19.8 Å². The third-order valence-electron chi connectivity index (χ3n) is 4.30. The summed E-state index contributed by atoms with van der Waals surface area (Å²) < 4.78 is 11.7. The molecule has 0 aliphatic heterocycles. The molecule has 0 aromatic heterocycles. The van der Waals surface area contributed by atoms with Crippen LogP contribution in [0.5, 0.6) is 5.75 Å². The average Bonchev–Trinajstić information content (AvgIpc) is 2.69. The normalized spacial score (nSPS) is 11.9. The van der Waals surface area contributed by atoms with Gasteiger partial charge in [-0.25, -0.2) is 0 Å². The summed E-state index contributed by atoms with van der Waals surface area (Å²) in [4.78, 5) is 0. The van der Waals surface area contributed by atoms with E-state index in [1.54, 1.807) is 7.11 Å². The standard InChI is InChI=1S/C23H24O2/c1-24-22-14-8-13-21(17-22)23(16-15-19-9-4-2-5-10-19)25-18-20-11-6-3-7-12-20/h2-14,17,23H,15-16,18H2,1H3/t23-/m1/s1. The first-order valence-electron chi connectivity index (χ1n) is 8.68. The van der Waals surface area contributed by atoms with Crippen molar-refractivity contribution in [2.45, 2.75) is 25.6 Å². The minimum Gasteiger partial charge on any atom is -0.497 e. The summed E-state index contributed by atoms with van der Waals surface area (Å²) in [5.74, 6) is 0.866. The van der Waals surface area contributed by atoms with Crippen molar-refractivity contribution in [2.75, 3.05) is 7.11 Å². The minimum atomic E-state index is 0.0375. The summed E-state index contributed by atoms with van der Waals surface area (Å²) in [6, 6.07) is 29.0. The van der Waals surface area contributed by atoms with Crippen molar-refractivity contribution < 1.29 is 9.47 Å². The predicted octanol–water partition coefficient (Wildman–Crippen LogP) is 5.59. The first-order valence-corrected chi connectivity index (χ1v) is 8.68. The molecule has 0 heterocycles. The van der Waals surface area contributed by atoms with Crippen LogP contribution in [0.1, 0.15) is 29.2 Å². The van der Waals surface area contributed by atoms with Gasteiger partial charge in [0.2, 0.25) is 0 Å². The quantitative estimate of drug-likeness (QED) is 0.535. The third-order valence-corrected chi connectivity index (χ3v) is 4.30. The third kappa shape index (κ3) is 5.20. The molecule has 0 spiro atoms. The molecule has 2 nitrogen and oxygen atoms in total. The molecule has 0 bridgehead atoms. The van der Waals surface area contributed by atoms with E-state index < -0.39 is 0 Å². The van der Waals surface area contributed by atoms with Gasteiger partial charge in [-0.15, -0.1) is 0 Å². The second-order valence-electron chi connectivity index (χ2n) is 6.09. The molecular formula is C23H24O2. The van der Waals surface area contributed by atoms with Crippen molar-refractivity contribution in [3.63, 3.8) is 0 Å². The summed E-state index contributed by atoms with van der Waals surface area (Å²) in [5.41, 5.74) is 3.68. The van der Waals surface area contributed by atoms with E-state index in [1.807, 2.05) is 30.3 Å². The van der Waals surface area contributed by atoms with E-state index in [9.17, 15) is 0 Å². The Labute approximate surface area is 150 Å². The first-order chi connectivity index (χ1) is 12.3. The minimum absolute atomic E-state index is 0.0375. The van der Waals surface area contributed by atoms with E-state index in [1.165, 1.54) is 11.1 Å². The molecule has 0 radical (unpaired) electrons. The molecule has 0 amide bonds. The van der Waals surface area contributed by atoms with Crippen LogP contribution in [0.25, 0.3) is 0 Å². The Morgan fingerprint density at radius 3 is 2.12 bits per heavy atom. The zero-order valence-electron chi connectivity index (χ0n) is 14.6. The lowest BCUT2D eigenvalue weighted by Gasteiger charge is -2.19. The topological polar surface area (TPSA) is 18.5 Å². The number of methoxy groups -OCH3 is 1. The van der Waals surface area contributed by atoms with Crippen LogP contribution in [0, 0.1) is 0 Å². The lowest BCUT2D eigenvalue weighted by atomic mass is 10.0. The van der Waals surface area contributed by atoms with E-state index in [0.717, 1.165) is 24.2 Å². The molecule has 3 aromatic rings. The van der Waals surface area contributed by atoms with Crippen molar-refractivity contribution >= 4 is 0 Å². The molecule has 0 fully saturated rings. The summed E-state index contributed by atoms with van der Waals surface area (Å²) in [6.45, 7) is 0.609. The molecule has 0 aliphatic rings. The fraction of sp³-hybridized carbons (Fsp3) is 0.217. The van der Waals surface area contributed by atoms with Crippen molar-refractivity contribution in [1.29, 1.82) is 0 Å². The Balaban J connectivity index is 1.72. The van der Waals surface area contributed by atoms with Crippen LogP contribution in [-0.4, -0.2) is 7.11 Å². The molecule has 2 heteroatoms. The molecule has 0 unspecified atom stereocenters. The van der Waals surface area contributed by atoms with Gasteiger partial charge in [0.1, 0.15) is 5.75 Å². The Bertz CT molecular complexity index is 710. The van der Waals surface area contributed by atoms with Gasteiger partial charge in [0.25, 0.3) is 0 Å². The van der Waals surface area contributed by atoms with Crippen LogP contribution in [0.4, 0.5) is 0 Å². The largest absolute Gasteiger partial charge is 0.497 e. The molecule has 128 valence electrons. The van der Waals surface area contributed by atoms with Gasteiger partial charge >= 0.3 is 0 Å². The predicted molar refractivity (Wildman–Crippen MR) is 102 cm³/mol. The molecular weight excluding hydrogens is 308 g/mol. The number of hydrogen-bond acceptors (Lipinski definition) is 2. The summed E-state index contributed by atoms with van der Waals surface area (Å²) >= 11 is 0. The van der Waals surface area contributed by atoms with Gasteiger partial charge in [-0.3, -0.25) is 0 Å². The maximum absolute atomic E-state index is 6.28. The second-order valence-corrected chi connectivity index (χ2v) is 6.09. The van der Waals surface area contributed by atoms with Crippen LogP contribution in [0.2, 0.25) is 0 Å². The number of ether oxygens (including phenoxy) is 2. The van der Waals surface area contributed by atoms with Crippen LogP contribution in [0.3, 0.4) is 0 Å². The Morgan fingerprint density at radius 1 is 0.760 bits per heavy atom. The van der Waals surface area contributed by atoms with Crippen molar-refractivity contribution in [1.82, 2.24) is 0 Å². The number of hydrogen-bond donors (Lipinski definition) is 0. The summed E-state index contributed by atoms with van der Waals surface area (Å²) in [6.07, 6.45) is 1.96. The number of aryl methyl sites for hydroxylation is 1. The van der Waals surface area contributed by atoms with Crippen molar-refractivity contribution in [3.05, 3.63) is 102 Å². The monoisotopic (exact) mass is 332 g/mol. The van der Waals surface area contributed by atoms with Gasteiger partial charge in [-0.1, -0.05) is 72.8 Å².